The average molecular weight is 386 g/mol. The van der Waals surface area contributed by atoms with Crippen LogP contribution in [0.25, 0.3) is 0 Å². The van der Waals surface area contributed by atoms with Crippen molar-refractivity contribution in [3.63, 3.8) is 0 Å². The third-order valence-corrected chi connectivity index (χ3v) is 8.66. The summed E-state index contributed by atoms with van der Waals surface area (Å²) in [6.45, 7) is 1.68. The topological polar surface area (TPSA) is 81.4 Å². The van der Waals surface area contributed by atoms with Crippen LogP contribution in [0.3, 0.4) is 0 Å². The zero-order valence-electron chi connectivity index (χ0n) is 13.8. The number of fused-ring (bicyclic) bond motifs is 5. The molecule has 1 aromatic rings. The molecule has 1 heterocycles. The van der Waals surface area contributed by atoms with Gasteiger partial charge in [0.25, 0.3) is 0 Å². The predicted molar refractivity (Wildman–Crippen MR) is 86.5 cm³/mol. The number of nitrogens with zero attached hydrogens (tertiary/aromatic N) is 2. The number of benzene rings is 1. The standard InChI is InChI=1S/C17H17F3N2O3S/c1-8-15-12-4-10(5-14(12)23)16(15)26(24,25)22(8)11-3-2-9(7-21)13(6-11)17(18,19)20/h2-3,6,8,10,12,14-16,23H,4-5H2,1H3/t8-,10+,12-,14-,15+,16-/m1/s1. The smallest absolute Gasteiger partial charge is 0.393 e. The molecule has 9 heteroatoms. The van der Waals surface area contributed by atoms with Crippen molar-refractivity contribution >= 4 is 15.7 Å². The third-order valence-electron chi connectivity index (χ3n) is 6.18. The third kappa shape index (κ3) is 2.21. The fraction of sp³-hybridized carbons (Fsp3) is 0.588. The van der Waals surface area contributed by atoms with Crippen LogP contribution in [0.5, 0.6) is 0 Å². The van der Waals surface area contributed by atoms with Gasteiger partial charge in [0.2, 0.25) is 10.0 Å². The van der Waals surface area contributed by atoms with Crippen LogP contribution >= 0.6 is 0 Å². The van der Waals surface area contributed by atoms with Crippen LogP contribution in [0.15, 0.2) is 18.2 Å². The van der Waals surface area contributed by atoms with Gasteiger partial charge >= 0.3 is 6.18 Å². The summed E-state index contributed by atoms with van der Waals surface area (Å²) in [7, 11) is -3.83. The molecule has 0 aromatic heterocycles. The van der Waals surface area contributed by atoms with Gasteiger partial charge in [0.1, 0.15) is 0 Å². The number of halogens is 3. The number of anilines is 1. The number of hydrogen-bond donors (Lipinski definition) is 1. The number of nitriles is 1. The highest BCUT2D eigenvalue weighted by molar-refractivity contribution is 7.93. The molecule has 1 aromatic carbocycles. The van der Waals surface area contributed by atoms with E-state index in [0.717, 1.165) is 16.4 Å². The zero-order valence-corrected chi connectivity index (χ0v) is 14.6. The van der Waals surface area contributed by atoms with E-state index in [1.165, 1.54) is 12.1 Å². The van der Waals surface area contributed by atoms with Crippen molar-refractivity contribution in [1.29, 1.82) is 5.26 Å². The number of hydrogen-bond acceptors (Lipinski definition) is 4. The second-order valence-corrected chi connectivity index (χ2v) is 9.39. The second kappa shape index (κ2) is 5.36. The molecule has 0 unspecified atom stereocenters. The van der Waals surface area contributed by atoms with E-state index in [4.69, 9.17) is 5.26 Å². The molecule has 1 aliphatic heterocycles. The van der Waals surface area contributed by atoms with Crippen LogP contribution in [-0.4, -0.2) is 30.9 Å². The lowest BCUT2D eigenvalue weighted by atomic mass is 9.82. The number of sulfonamides is 1. The highest BCUT2D eigenvalue weighted by Gasteiger charge is 2.65. The Morgan fingerprint density at radius 3 is 2.62 bits per heavy atom. The highest BCUT2D eigenvalue weighted by Crippen LogP contribution is 2.58. The molecular formula is C17H17F3N2O3S. The van der Waals surface area contributed by atoms with Crippen LogP contribution in [0.4, 0.5) is 18.9 Å². The van der Waals surface area contributed by atoms with Crippen molar-refractivity contribution in [3.8, 4) is 6.07 Å². The van der Waals surface area contributed by atoms with Gasteiger partial charge < -0.3 is 5.11 Å². The number of alkyl halides is 3. The summed E-state index contributed by atoms with van der Waals surface area (Å²) in [5.74, 6) is -0.586. The van der Waals surface area contributed by atoms with Crippen molar-refractivity contribution in [3.05, 3.63) is 29.3 Å². The maximum atomic E-state index is 13.3. The molecule has 2 aliphatic carbocycles. The van der Waals surface area contributed by atoms with Crippen LogP contribution in [0, 0.1) is 29.1 Å². The molecule has 2 saturated carbocycles. The Bertz CT molecular complexity index is 909. The Kier molecular flexibility index (Phi) is 3.63. The summed E-state index contributed by atoms with van der Waals surface area (Å²) in [5, 5.41) is 18.4. The highest BCUT2D eigenvalue weighted by atomic mass is 32.2. The summed E-state index contributed by atoms with van der Waals surface area (Å²) in [5.41, 5.74) is -1.76. The first-order valence-corrected chi connectivity index (χ1v) is 9.90. The molecule has 26 heavy (non-hydrogen) atoms. The molecule has 6 atom stereocenters. The van der Waals surface area contributed by atoms with Crippen molar-refractivity contribution < 1.29 is 26.7 Å². The van der Waals surface area contributed by atoms with E-state index in [2.05, 4.69) is 0 Å². The van der Waals surface area contributed by atoms with E-state index in [9.17, 15) is 26.7 Å². The van der Waals surface area contributed by atoms with Crippen LogP contribution in [-0.2, 0) is 16.2 Å². The molecule has 3 aliphatic rings. The molecule has 3 fully saturated rings. The Hall–Kier alpha value is -1.79. The van der Waals surface area contributed by atoms with E-state index >= 15 is 0 Å². The van der Waals surface area contributed by atoms with E-state index < -0.39 is 44.7 Å². The molecule has 2 bridgehead atoms. The first-order chi connectivity index (χ1) is 12.1. The number of aliphatic hydroxyl groups excluding tert-OH is 1. The van der Waals surface area contributed by atoms with E-state index in [0.29, 0.717) is 12.8 Å². The largest absolute Gasteiger partial charge is 0.417 e. The minimum Gasteiger partial charge on any atom is -0.393 e. The monoisotopic (exact) mass is 386 g/mol. The number of rotatable bonds is 1. The molecule has 1 N–H and O–H groups in total. The van der Waals surface area contributed by atoms with Crippen LogP contribution in [0.2, 0.25) is 0 Å². The molecule has 1 saturated heterocycles. The summed E-state index contributed by atoms with van der Waals surface area (Å²) in [6.07, 6.45) is -4.23. The molecule has 0 amide bonds. The van der Waals surface area contributed by atoms with Gasteiger partial charge in [0.15, 0.2) is 0 Å². The lowest BCUT2D eigenvalue weighted by Crippen LogP contribution is -2.37. The summed E-state index contributed by atoms with van der Waals surface area (Å²) >= 11 is 0. The Morgan fingerprint density at radius 2 is 2.00 bits per heavy atom. The fourth-order valence-corrected chi connectivity index (χ4v) is 8.11. The van der Waals surface area contributed by atoms with Gasteiger partial charge in [-0.3, -0.25) is 4.31 Å². The lowest BCUT2D eigenvalue weighted by Gasteiger charge is -2.29. The SMILES string of the molecule is C[C@@H]1[C@H]2[C@@H]3C[C@@H](C[C@H]3O)[C@H]2S(=O)(=O)N1c1ccc(C#N)c(C(F)(F)F)c1. The van der Waals surface area contributed by atoms with Crippen LogP contribution in [0.1, 0.15) is 30.9 Å². The van der Waals surface area contributed by atoms with E-state index in [1.807, 2.05) is 0 Å². The minimum absolute atomic E-state index is 0.0767. The van der Waals surface area contributed by atoms with E-state index in [1.54, 1.807) is 6.92 Å². The van der Waals surface area contributed by atoms with Gasteiger partial charge in [-0.1, -0.05) is 0 Å². The molecule has 4 rings (SSSR count). The summed E-state index contributed by atoms with van der Waals surface area (Å²) in [6, 6.07) is 3.97. The quantitative estimate of drug-likeness (QED) is 0.804. The normalized spacial score (nSPS) is 37.6. The van der Waals surface area contributed by atoms with Gasteiger partial charge in [-0.2, -0.15) is 18.4 Å². The molecular weight excluding hydrogens is 369 g/mol. The maximum absolute atomic E-state index is 13.3. The first-order valence-electron chi connectivity index (χ1n) is 8.40. The van der Waals surface area contributed by atoms with Crippen molar-refractivity contribution in [2.75, 3.05) is 4.31 Å². The molecule has 0 spiro atoms. The van der Waals surface area contributed by atoms with Gasteiger partial charge in [-0.05, 0) is 49.8 Å². The summed E-state index contributed by atoms with van der Waals surface area (Å²) in [4.78, 5) is 0. The maximum Gasteiger partial charge on any atom is 0.417 e. The zero-order chi connectivity index (χ0) is 19.0. The van der Waals surface area contributed by atoms with Gasteiger partial charge in [0, 0.05) is 12.0 Å². The Morgan fingerprint density at radius 1 is 1.31 bits per heavy atom. The molecule has 5 nitrogen and oxygen atoms in total. The van der Waals surface area contributed by atoms with Gasteiger partial charge in [0.05, 0.1) is 34.2 Å². The van der Waals surface area contributed by atoms with Crippen molar-refractivity contribution in [2.24, 2.45) is 17.8 Å². The van der Waals surface area contributed by atoms with Gasteiger partial charge in [-0.15, -0.1) is 0 Å². The van der Waals surface area contributed by atoms with Crippen molar-refractivity contribution in [2.45, 2.75) is 43.3 Å². The second-order valence-electron chi connectivity index (χ2n) is 7.43. The Labute approximate surface area is 149 Å². The van der Waals surface area contributed by atoms with E-state index in [-0.39, 0.29) is 23.4 Å². The minimum atomic E-state index is -4.75. The van der Waals surface area contributed by atoms with Crippen LogP contribution < -0.4 is 4.31 Å². The lowest BCUT2D eigenvalue weighted by molar-refractivity contribution is -0.137. The predicted octanol–water partition coefficient (Wildman–Crippen LogP) is 2.50. The first kappa shape index (κ1) is 17.6. The van der Waals surface area contributed by atoms with Crippen molar-refractivity contribution in [1.82, 2.24) is 0 Å². The number of aliphatic hydroxyl groups is 1. The molecule has 0 radical (unpaired) electrons. The fourth-order valence-electron chi connectivity index (χ4n) is 5.30. The van der Waals surface area contributed by atoms with Gasteiger partial charge in [-0.25, -0.2) is 8.42 Å². The summed E-state index contributed by atoms with van der Waals surface area (Å²) < 4.78 is 67.0. The molecule has 140 valence electrons. The Balaban J connectivity index is 1.81. The average Bonchev–Trinajstić information content (AvgIpc) is 3.16.